The van der Waals surface area contributed by atoms with E-state index in [0.29, 0.717) is 5.78 Å². The number of ketones is 1. The fourth-order valence-corrected chi connectivity index (χ4v) is 21.7. The molecule has 0 aromatic heterocycles. The number of benzene rings is 1. The monoisotopic (exact) mass is 452 g/mol. The second-order valence-corrected chi connectivity index (χ2v) is 22.8. The van der Waals surface area contributed by atoms with Gasteiger partial charge in [-0.15, -0.1) is 0 Å². The van der Waals surface area contributed by atoms with Crippen LogP contribution in [0.2, 0.25) is 17.2 Å². The molecule has 1 nitrogen and oxygen atoms in total. The van der Waals surface area contributed by atoms with E-state index in [1.165, 1.54) is 38.5 Å². The zero-order valence-electron chi connectivity index (χ0n) is 17.2. The number of hydrogen-bond acceptors (Lipinski definition) is 1. The number of unbranched alkanes of at least 4 members (excludes halogenated alkanes) is 3. The molecule has 0 aliphatic heterocycles. The average Bonchev–Trinajstić information content (AvgIpc) is 2.66. The van der Waals surface area contributed by atoms with Gasteiger partial charge in [0.1, 0.15) is 0 Å². The summed E-state index contributed by atoms with van der Waals surface area (Å²) in [5, 5.41) is 0. The van der Waals surface area contributed by atoms with E-state index in [2.05, 4.69) is 27.7 Å². The van der Waals surface area contributed by atoms with Gasteiger partial charge in [-0.05, 0) is 0 Å². The van der Waals surface area contributed by atoms with E-state index in [4.69, 9.17) is 0 Å². The van der Waals surface area contributed by atoms with Crippen molar-refractivity contribution < 1.29 is 4.79 Å². The third-order valence-corrected chi connectivity index (χ3v) is 24.4. The quantitative estimate of drug-likeness (QED) is 0.208. The molecule has 0 saturated heterocycles. The van der Waals surface area contributed by atoms with Crippen LogP contribution in [0, 0.1) is 0 Å². The SMILES string of the molecule is CCC[CH2][Sn]([CH2]CCC)([CH2]CCC)[CH](C)CCC(=O)c1ccccc1. The van der Waals surface area contributed by atoms with Crippen LogP contribution in [0.5, 0.6) is 0 Å². The normalized spacial score (nSPS) is 13.0. The Labute approximate surface area is 160 Å². The van der Waals surface area contributed by atoms with Gasteiger partial charge in [0.05, 0.1) is 0 Å². The molecule has 0 N–H and O–H groups in total. The Kier molecular flexibility index (Phi) is 11.8. The van der Waals surface area contributed by atoms with E-state index in [0.717, 1.165) is 22.3 Å². The number of carbonyl (C=O) groups excluding carboxylic acids is 1. The second-order valence-electron chi connectivity index (χ2n) is 7.90. The van der Waals surface area contributed by atoms with Gasteiger partial charge in [-0.2, -0.15) is 0 Å². The van der Waals surface area contributed by atoms with Crippen LogP contribution >= 0.6 is 0 Å². The summed E-state index contributed by atoms with van der Waals surface area (Å²) in [6.45, 7) is 9.51. The minimum absolute atomic E-state index is 0.342. The van der Waals surface area contributed by atoms with Gasteiger partial charge in [0.25, 0.3) is 0 Å². The van der Waals surface area contributed by atoms with Gasteiger partial charge < -0.3 is 0 Å². The van der Waals surface area contributed by atoms with Gasteiger partial charge in [-0.25, -0.2) is 0 Å². The first-order valence-electron chi connectivity index (χ1n) is 10.7. The molecular weight excluding hydrogens is 411 g/mol. The molecule has 0 radical (unpaired) electrons. The first kappa shape index (κ1) is 22.7. The zero-order chi connectivity index (χ0) is 18.5. The first-order valence-corrected chi connectivity index (χ1v) is 18.4. The van der Waals surface area contributed by atoms with Crippen molar-refractivity contribution in [3.63, 3.8) is 0 Å². The molecule has 25 heavy (non-hydrogen) atoms. The summed E-state index contributed by atoms with van der Waals surface area (Å²) in [4.78, 5) is 12.5. The van der Waals surface area contributed by atoms with Crippen LogP contribution < -0.4 is 0 Å². The summed E-state index contributed by atoms with van der Waals surface area (Å²) >= 11 is -2.17. The molecule has 1 atom stereocenters. The second kappa shape index (κ2) is 12.9. The Hall–Kier alpha value is -0.311. The van der Waals surface area contributed by atoms with Gasteiger partial charge in [0.2, 0.25) is 0 Å². The molecule has 1 rings (SSSR count). The predicted octanol–water partition coefficient (Wildman–Crippen LogP) is 7.89. The number of hydrogen-bond donors (Lipinski definition) is 0. The Balaban J connectivity index is 2.77. The fraction of sp³-hybridized carbons (Fsp3) is 0.696. The van der Waals surface area contributed by atoms with E-state index in [-0.39, 0.29) is 0 Å². The molecule has 0 fully saturated rings. The molecule has 1 unspecified atom stereocenters. The molecule has 0 heterocycles. The van der Waals surface area contributed by atoms with E-state index >= 15 is 0 Å². The molecule has 1 aromatic carbocycles. The van der Waals surface area contributed by atoms with Crippen LogP contribution in [0.1, 0.15) is 89.4 Å². The maximum absolute atomic E-state index is 12.5. The molecule has 142 valence electrons. The van der Waals surface area contributed by atoms with E-state index < -0.39 is 18.4 Å². The molecule has 0 bridgehead atoms. The van der Waals surface area contributed by atoms with Gasteiger partial charge in [0, 0.05) is 0 Å². The number of carbonyl (C=O) groups is 1. The molecule has 0 saturated carbocycles. The van der Waals surface area contributed by atoms with Crippen molar-refractivity contribution >= 4 is 24.2 Å². The summed E-state index contributed by atoms with van der Waals surface area (Å²) < 4.78 is 5.48. The Morgan fingerprint density at radius 1 is 0.880 bits per heavy atom. The summed E-state index contributed by atoms with van der Waals surface area (Å²) in [5.74, 6) is 0.342. The predicted molar refractivity (Wildman–Crippen MR) is 114 cm³/mol. The Morgan fingerprint density at radius 3 is 1.80 bits per heavy atom. The topological polar surface area (TPSA) is 17.1 Å². The third kappa shape index (κ3) is 7.84. The van der Waals surface area contributed by atoms with E-state index in [1.54, 1.807) is 13.3 Å². The number of Topliss-reactive ketones (excluding diaryl/α,β-unsaturated/α-hetero) is 1. The third-order valence-electron chi connectivity index (χ3n) is 6.03. The molecular formula is C23H40OSn. The molecule has 0 amide bonds. The van der Waals surface area contributed by atoms with Crippen molar-refractivity contribution in [2.45, 2.75) is 96.3 Å². The average molecular weight is 451 g/mol. The standard InChI is InChI=1S/C11H13O.3C4H9.Sn/c1-2-3-9-11(12)10-7-5-4-6-8-10;3*1-3-4-2;/h2,4-8H,3,9H2,1H3;3*1,3-4H2,2H3;. The zero-order valence-corrected chi connectivity index (χ0v) is 20.0. The van der Waals surface area contributed by atoms with Crippen molar-refractivity contribution in [1.29, 1.82) is 0 Å². The van der Waals surface area contributed by atoms with Gasteiger partial charge in [-0.3, -0.25) is 0 Å². The molecule has 2 heteroatoms. The molecule has 0 aliphatic carbocycles. The van der Waals surface area contributed by atoms with Crippen molar-refractivity contribution in [3.05, 3.63) is 35.9 Å². The minimum atomic E-state index is -2.17. The van der Waals surface area contributed by atoms with Crippen molar-refractivity contribution in [2.24, 2.45) is 0 Å². The van der Waals surface area contributed by atoms with E-state index in [9.17, 15) is 4.79 Å². The van der Waals surface area contributed by atoms with Crippen molar-refractivity contribution in [1.82, 2.24) is 0 Å². The van der Waals surface area contributed by atoms with Crippen LogP contribution in [0.4, 0.5) is 0 Å². The Bertz CT molecular complexity index is 446. The first-order chi connectivity index (χ1) is 12.1. The van der Waals surface area contributed by atoms with Gasteiger partial charge in [-0.1, -0.05) is 0 Å². The maximum atomic E-state index is 12.5. The van der Waals surface area contributed by atoms with E-state index in [1.807, 2.05) is 30.3 Å². The van der Waals surface area contributed by atoms with Crippen LogP contribution in [0.15, 0.2) is 30.3 Å². The van der Waals surface area contributed by atoms with Crippen LogP contribution in [0.25, 0.3) is 0 Å². The summed E-state index contributed by atoms with van der Waals surface area (Å²) in [6, 6.07) is 9.87. The summed E-state index contributed by atoms with van der Waals surface area (Å²) in [5.41, 5.74) is 0.895. The van der Waals surface area contributed by atoms with Gasteiger partial charge >= 0.3 is 161 Å². The van der Waals surface area contributed by atoms with Crippen LogP contribution in [-0.4, -0.2) is 24.2 Å². The molecule has 0 aliphatic rings. The van der Waals surface area contributed by atoms with Crippen LogP contribution in [-0.2, 0) is 0 Å². The summed E-state index contributed by atoms with van der Waals surface area (Å²) in [7, 11) is 0. The number of rotatable bonds is 14. The van der Waals surface area contributed by atoms with Crippen LogP contribution in [0.3, 0.4) is 0 Å². The summed E-state index contributed by atoms with van der Waals surface area (Å²) in [6.07, 6.45) is 10.1. The fourth-order valence-electron chi connectivity index (χ4n) is 4.12. The van der Waals surface area contributed by atoms with Gasteiger partial charge in [0.15, 0.2) is 0 Å². The van der Waals surface area contributed by atoms with Crippen molar-refractivity contribution in [2.75, 3.05) is 0 Å². The molecule has 0 spiro atoms. The molecule has 1 aromatic rings. The van der Waals surface area contributed by atoms with Crippen molar-refractivity contribution in [3.8, 4) is 0 Å². The Morgan fingerprint density at radius 2 is 1.36 bits per heavy atom.